The van der Waals surface area contributed by atoms with Gasteiger partial charge in [0.25, 0.3) is 0 Å². The van der Waals surface area contributed by atoms with Gasteiger partial charge in [0.05, 0.1) is 11.7 Å². The van der Waals surface area contributed by atoms with Gasteiger partial charge in [-0.25, -0.2) is 0 Å². The van der Waals surface area contributed by atoms with Crippen molar-refractivity contribution in [2.45, 2.75) is 39.7 Å². The number of rotatable bonds is 6. The number of hydrogen-bond donors (Lipinski definition) is 1. The van der Waals surface area contributed by atoms with Gasteiger partial charge in [-0.15, -0.1) is 0 Å². The summed E-state index contributed by atoms with van der Waals surface area (Å²) in [6.45, 7) is 7.40. The summed E-state index contributed by atoms with van der Waals surface area (Å²) in [5, 5.41) is 8.19. The highest BCUT2D eigenvalue weighted by Crippen LogP contribution is 2.25. The molecule has 0 aliphatic rings. The second-order valence-corrected chi connectivity index (χ2v) is 5.24. The first-order valence-corrected chi connectivity index (χ1v) is 7.33. The first kappa shape index (κ1) is 14.7. The van der Waals surface area contributed by atoms with Gasteiger partial charge in [0.1, 0.15) is 0 Å². The number of pyridine rings is 1. The maximum atomic E-state index is 4.56. The second kappa shape index (κ2) is 6.66. The van der Waals surface area contributed by atoms with Gasteiger partial charge >= 0.3 is 0 Å². The van der Waals surface area contributed by atoms with Crippen LogP contribution in [0.3, 0.4) is 0 Å². The molecule has 4 heteroatoms. The molecule has 0 radical (unpaired) electrons. The summed E-state index contributed by atoms with van der Waals surface area (Å²) in [4.78, 5) is 4.33. The third-order valence-corrected chi connectivity index (χ3v) is 3.41. The van der Waals surface area contributed by atoms with E-state index >= 15 is 0 Å². The molecule has 0 aliphatic carbocycles. The Labute approximate surface area is 121 Å². The zero-order chi connectivity index (χ0) is 14.5. The van der Waals surface area contributed by atoms with E-state index in [4.69, 9.17) is 0 Å². The zero-order valence-electron chi connectivity index (χ0n) is 12.8. The van der Waals surface area contributed by atoms with Gasteiger partial charge in [-0.2, -0.15) is 5.10 Å². The highest BCUT2D eigenvalue weighted by Gasteiger charge is 2.19. The minimum atomic E-state index is 0.172. The van der Waals surface area contributed by atoms with Gasteiger partial charge in [-0.05, 0) is 37.4 Å². The molecule has 4 nitrogen and oxygen atoms in total. The van der Waals surface area contributed by atoms with Crippen LogP contribution in [0.25, 0.3) is 0 Å². The quantitative estimate of drug-likeness (QED) is 0.879. The van der Waals surface area contributed by atoms with Gasteiger partial charge in [0.2, 0.25) is 0 Å². The summed E-state index contributed by atoms with van der Waals surface area (Å²) < 4.78 is 1.90. The lowest BCUT2D eigenvalue weighted by Crippen LogP contribution is -2.24. The summed E-state index contributed by atoms with van der Waals surface area (Å²) in [6.07, 6.45) is 8.02. The molecule has 0 saturated carbocycles. The molecule has 0 bridgehead atoms. The van der Waals surface area contributed by atoms with Crippen LogP contribution in [0, 0.1) is 6.92 Å². The predicted octanol–water partition coefficient (Wildman–Crippen LogP) is 2.77. The Kier molecular flexibility index (Phi) is 4.90. The number of aryl methyl sites for hydroxylation is 3. The monoisotopic (exact) mass is 272 g/mol. The van der Waals surface area contributed by atoms with Crippen LogP contribution in [-0.4, -0.2) is 21.3 Å². The molecular formula is C16H24N4. The van der Waals surface area contributed by atoms with E-state index in [1.807, 2.05) is 24.1 Å². The predicted molar refractivity (Wildman–Crippen MR) is 81.7 cm³/mol. The van der Waals surface area contributed by atoms with Crippen LogP contribution >= 0.6 is 0 Å². The Morgan fingerprint density at radius 2 is 2.10 bits per heavy atom. The number of nitrogens with zero attached hydrogens (tertiary/aromatic N) is 3. The van der Waals surface area contributed by atoms with Crippen molar-refractivity contribution >= 4 is 0 Å². The molecule has 0 aliphatic heterocycles. The molecule has 1 N–H and O–H groups in total. The molecule has 2 rings (SSSR count). The number of hydrogen-bond acceptors (Lipinski definition) is 3. The maximum Gasteiger partial charge on any atom is 0.0673 e. The van der Waals surface area contributed by atoms with Crippen molar-refractivity contribution in [1.29, 1.82) is 0 Å². The molecular weight excluding hydrogens is 248 g/mol. The van der Waals surface area contributed by atoms with Crippen LogP contribution in [0.1, 0.15) is 48.7 Å². The smallest absolute Gasteiger partial charge is 0.0673 e. The molecule has 0 fully saturated rings. The summed E-state index contributed by atoms with van der Waals surface area (Å²) in [7, 11) is 1.98. The molecule has 0 amide bonds. The lowest BCUT2D eigenvalue weighted by molar-refractivity contribution is 0.592. The first-order valence-electron chi connectivity index (χ1n) is 7.33. The van der Waals surface area contributed by atoms with Gasteiger partial charge < -0.3 is 5.32 Å². The Hall–Kier alpha value is -1.68. The Morgan fingerprint density at radius 3 is 2.75 bits per heavy atom. The fourth-order valence-electron chi connectivity index (χ4n) is 2.50. The Bertz CT molecular complexity index is 559. The van der Waals surface area contributed by atoms with Crippen molar-refractivity contribution in [3.8, 4) is 0 Å². The van der Waals surface area contributed by atoms with E-state index in [1.165, 1.54) is 16.7 Å². The van der Waals surface area contributed by atoms with Crippen LogP contribution in [0.5, 0.6) is 0 Å². The fraction of sp³-hybridized carbons (Fsp3) is 0.500. The van der Waals surface area contributed by atoms with Crippen molar-refractivity contribution in [2.24, 2.45) is 7.05 Å². The lowest BCUT2D eigenvalue weighted by atomic mass is 9.98. The molecule has 2 heterocycles. The normalized spacial score (nSPS) is 12.6. The van der Waals surface area contributed by atoms with Crippen molar-refractivity contribution in [2.75, 3.05) is 6.54 Å². The maximum absolute atomic E-state index is 4.56. The van der Waals surface area contributed by atoms with Gasteiger partial charge in [-0.1, -0.05) is 19.9 Å². The molecule has 2 aromatic heterocycles. The number of nitrogens with one attached hydrogen (secondary N) is 1. The van der Waals surface area contributed by atoms with Gasteiger partial charge in [0, 0.05) is 31.2 Å². The average Bonchev–Trinajstić information content (AvgIpc) is 2.80. The van der Waals surface area contributed by atoms with Gasteiger partial charge in [-0.3, -0.25) is 9.67 Å². The van der Waals surface area contributed by atoms with E-state index in [2.05, 4.69) is 48.4 Å². The van der Waals surface area contributed by atoms with Crippen LogP contribution in [0.4, 0.5) is 0 Å². The summed E-state index contributed by atoms with van der Waals surface area (Å²) in [5.74, 6) is 0. The Balaban J connectivity index is 2.41. The fourth-order valence-corrected chi connectivity index (χ4v) is 2.50. The molecule has 20 heavy (non-hydrogen) atoms. The van der Waals surface area contributed by atoms with Crippen LogP contribution < -0.4 is 5.32 Å². The van der Waals surface area contributed by atoms with Crippen LogP contribution in [-0.2, 0) is 13.5 Å². The van der Waals surface area contributed by atoms with Crippen molar-refractivity contribution in [3.05, 3.63) is 47.0 Å². The van der Waals surface area contributed by atoms with Crippen molar-refractivity contribution in [3.63, 3.8) is 0 Å². The lowest BCUT2D eigenvalue weighted by Gasteiger charge is -2.19. The van der Waals surface area contributed by atoms with E-state index in [1.54, 1.807) is 0 Å². The molecule has 108 valence electrons. The topological polar surface area (TPSA) is 42.7 Å². The van der Waals surface area contributed by atoms with Crippen LogP contribution in [0.2, 0.25) is 0 Å². The first-order chi connectivity index (χ1) is 9.65. The molecule has 1 atom stereocenters. The highest BCUT2D eigenvalue weighted by atomic mass is 15.3. The van der Waals surface area contributed by atoms with Gasteiger partial charge in [0.15, 0.2) is 0 Å². The average molecular weight is 272 g/mol. The standard InChI is InChI=1S/C16H24N4/c1-5-7-18-16(13-8-12(3)9-17-10-13)14-11-20(4)19-15(14)6-2/h8-11,16,18H,5-7H2,1-4H3. The third-order valence-electron chi connectivity index (χ3n) is 3.41. The number of aromatic nitrogens is 3. The summed E-state index contributed by atoms with van der Waals surface area (Å²) in [5.41, 5.74) is 4.81. The van der Waals surface area contributed by atoms with Crippen LogP contribution in [0.15, 0.2) is 24.7 Å². The highest BCUT2D eigenvalue weighted by molar-refractivity contribution is 5.33. The van der Waals surface area contributed by atoms with E-state index in [0.29, 0.717) is 0 Å². The second-order valence-electron chi connectivity index (χ2n) is 5.24. The third kappa shape index (κ3) is 3.25. The van der Waals surface area contributed by atoms with E-state index in [-0.39, 0.29) is 6.04 Å². The van der Waals surface area contributed by atoms with E-state index in [0.717, 1.165) is 25.1 Å². The molecule has 0 aromatic carbocycles. The zero-order valence-corrected chi connectivity index (χ0v) is 12.8. The van der Waals surface area contributed by atoms with Crippen molar-refractivity contribution in [1.82, 2.24) is 20.1 Å². The van der Waals surface area contributed by atoms with Crippen molar-refractivity contribution < 1.29 is 0 Å². The minimum Gasteiger partial charge on any atom is -0.306 e. The Morgan fingerprint density at radius 1 is 1.30 bits per heavy atom. The van der Waals surface area contributed by atoms with E-state index < -0.39 is 0 Å². The van der Waals surface area contributed by atoms with E-state index in [9.17, 15) is 0 Å². The summed E-state index contributed by atoms with van der Waals surface area (Å²) in [6, 6.07) is 2.37. The summed E-state index contributed by atoms with van der Waals surface area (Å²) >= 11 is 0. The molecule has 0 saturated heterocycles. The molecule has 1 unspecified atom stereocenters. The SMILES string of the molecule is CCCNC(c1cncc(C)c1)c1cn(C)nc1CC. The molecule has 0 spiro atoms. The molecule has 2 aromatic rings. The largest absolute Gasteiger partial charge is 0.306 e. The minimum absolute atomic E-state index is 0.172.